The molecule has 3 aliphatic heterocycles. The first-order chi connectivity index (χ1) is 24.4. The van der Waals surface area contributed by atoms with Gasteiger partial charge in [-0.05, 0) is 56.2 Å². The average molecular weight is 720 g/mol. The summed E-state index contributed by atoms with van der Waals surface area (Å²) >= 11 is 6.70. The van der Waals surface area contributed by atoms with E-state index in [4.69, 9.17) is 21.1 Å². The maximum atomic E-state index is 15.1. The van der Waals surface area contributed by atoms with Crippen LogP contribution in [0.4, 0.5) is 5.69 Å². The number of amides is 3. The molecule has 0 aromatic heterocycles. The summed E-state index contributed by atoms with van der Waals surface area (Å²) in [5, 5.41) is 14.1. The van der Waals surface area contributed by atoms with E-state index in [1.54, 1.807) is 31.2 Å². The Hall–Kier alpha value is -3.99. The van der Waals surface area contributed by atoms with E-state index in [1.807, 2.05) is 57.2 Å². The molecule has 3 saturated heterocycles. The quantitative estimate of drug-likeness (QED) is 0.168. The number of fused-ring (bicyclic) bond motifs is 1. The summed E-state index contributed by atoms with van der Waals surface area (Å²) in [5.74, 6) is -3.89. The number of aliphatic hydroxyl groups is 1. The number of halogens is 1. The van der Waals surface area contributed by atoms with Gasteiger partial charge in [0, 0.05) is 13.0 Å². The Morgan fingerprint density at radius 2 is 1.88 bits per heavy atom. The Balaban J connectivity index is 1.55. The molecular weight excluding hydrogens is 670 g/mol. The summed E-state index contributed by atoms with van der Waals surface area (Å²) in [4.78, 5) is 60.1. The maximum absolute atomic E-state index is 15.1. The van der Waals surface area contributed by atoms with E-state index >= 15 is 4.79 Å². The zero-order chi connectivity index (χ0) is 37.0. The smallest absolute Gasteiger partial charge is 0.313 e. The van der Waals surface area contributed by atoms with E-state index in [0.29, 0.717) is 42.0 Å². The highest BCUT2D eigenvalue weighted by molar-refractivity contribution is 6.34. The molecule has 2 aromatic rings. The number of hydrogen-bond acceptors (Lipinski definition) is 7. The van der Waals surface area contributed by atoms with Gasteiger partial charge in [0.25, 0.3) is 5.91 Å². The van der Waals surface area contributed by atoms with Crippen molar-refractivity contribution in [1.82, 2.24) is 10.2 Å². The van der Waals surface area contributed by atoms with Crippen LogP contribution >= 0.6 is 11.6 Å². The lowest BCUT2D eigenvalue weighted by atomic mass is 9.70. The van der Waals surface area contributed by atoms with E-state index < -0.39 is 65.6 Å². The molecule has 3 heterocycles. The van der Waals surface area contributed by atoms with Crippen LogP contribution in [0.2, 0.25) is 5.02 Å². The summed E-state index contributed by atoms with van der Waals surface area (Å²) in [6.07, 6.45) is 3.93. The molecule has 10 nitrogen and oxygen atoms in total. The minimum absolute atomic E-state index is 0.111. The van der Waals surface area contributed by atoms with Crippen LogP contribution in [0.3, 0.4) is 0 Å². The largest absolute Gasteiger partial charge is 0.455 e. The van der Waals surface area contributed by atoms with Crippen molar-refractivity contribution >= 4 is 41.0 Å². The van der Waals surface area contributed by atoms with E-state index in [1.165, 1.54) is 9.80 Å². The number of likely N-dealkylation sites (tertiary alicyclic amines) is 1. The zero-order valence-corrected chi connectivity index (χ0v) is 30.7. The number of carbonyl (C=O) groups excluding carboxylic acids is 4. The van der Waals surface area contributed by atoms with Crippen molar-refractivity contribution in [3.8, 4) is 0 Å². The molecule has 2 aromatic carbocycles. The first kappa shape index (κ1) is 38.2. The molecule has 0 aliphatic carbocycles. The van der Waals surface area contributed by atoms with Gasteiger partial charge in [0.1, 0.15) is 17.7 Å². The number of rotatable bonds is 16. The third kappa shape index (κ3) is 7.10. The molecule has 3 aliphatic rings. The monoisotopic (exact) mass is 719 g/mol. The molecule has 11 heteroatoms. The molecule has 51 heavy (non-hydrogen) atoms. The molecule has 274 valence electrons. The lowest BCUT2D eigenvalue weighted by Crippen LogP contribution is -2.60. The van der Waals surface area contributed by atoms with Gasteiger partial charge in [0.15, 0.2) is 0 Å². The lowest BCUT2D eigenvalue weighted by molar-refractivity contribution is -0.162. The van der Waals surface area contributed by atoms with E-state index in [-0.39, 0.29) is 31.4 Å². The molecule has 0 unspecified atom stereocenters. The number of anilines is 1. The van der Waals surface area contributed by atoms with Crippen LogP contribution in [0.25, 0.3) is 0 Å². The third-order valence-corrected chi connectivity index (χ3v) is 11.2. The number of allylic oxidation sites excluding steroid dienone is 1. The lowest BCUT2D eigenvalue weighted by Gasteiger charge is -2.41. The topological polar surface area (TPSA) is 125 Å². The van der Waals surface area contributed by atoms with Crippen molar-refractivity contribution < 1.29 is 33.8 Å². The number of ether oxygens (including phenoxy) is 2. The van der Waals surface area contributed by atoms with Crippen LogP contribution in [-0.4, -0.2) is 76.7 Å². The fraction of sp³-hybridized carbons (Fsp3) is 0.500. The van der Waals surface area contributed by atoms with Crippen LogP contribution in [0, 0.1) is 24.7 Å². The molecule has 0 radical (unpaired) electrons. The van der Waals surface area contributed by atoms with Crippen molar-refractivity contribution in [3.05, 3.63) is 90.0 Å². The van der Waals surface area contributed by atoms with Gasteiger partial charge in [-0.15, -0.1) is 13.2 Å². The van der Waals surface area contributed by atoms with E-state index in [9.17, 15) is 19.5 Å². The van der Waals surface area contributed by atoms with Crippen molar-refractivity contribution in [1.29, 1.82) is 0 Å². The molecule has 3 fully saturated rings. The highest BCUT2D eigenvalue weighted by Gasteiger charge is 2.76. The molecule has 5 rings (SSSR count). The molecule has 3 amide bonds. The molecule has 2 N–H and O–H groups in total. The summed E-state index contributed by atoms with van der Waals surface area (Å²) in [6.45, 7) is 14.8. The molecule has 0 saturated carbocycles. The second-order valence-electron chi connectivity index (χ2n) is 14.0. The standard InChI is InChI=1S/C40H50ClN3O7/c1-7-10-19-31(46)42-26(6)35(27-16-12-11-13-17-27)50-39(49)32-30-20-21-40(51-30)33(32)37(47)44(29(23-45)24(4)9-3)36(40)38(48)43(22-8-2)34-25(5)15-14-18-28(34)41/h7-8,11-18,24,26,29-30,32-33,35-36,45H,1-2,9-10,19-23H2,3-6H3,(H,42,46)/t24-,26-,29-,30-,32+,33+,35-,36-,40+/m0/s1. The number of nitrogens with zero attached hydrogens (tertiary/aromatic N) is 2. The van der Waals surface area contributed by atoms with Crippen molar-refractivity contribution in [2.75, 3.05) is 18.1 Å². The Bertz CT molecular complexity index is 1610. The van der Waals surface area contributed by atoms with Gasteiger partial charge in [-0.25, -0.2) is 0 Å². The first-order valence-electron chi connectivity index (χ1n) is 17.9. The number of benzene rings is 2. The van der Waals surface area contributed by atoms with Crippen molar-refractivity contribution in [3.63, 3.8) is 0 Å². The summed E-state index contributed by atoms with van der Waals surface area (Å²) in [5.41, 5.74) is 0.601. The highest BCUT2D eigenvalue weighted by Crippen LogP contribution is 2.60. The van der Waals surface area contributed by atoms with Crippen LogP contribution in [-0.2, 0) is 28.7 Å². The highest BCUT2D eigenvalue weighted by atomic mass is 35.5. The van der Waals surface area contributed by atoms with Crippen molar-refractivity contribution in [2.24, 2.45) is 17.8 Å². The minimum Gasteiger partial charge on any atom is -0.455 e. The number of esters is 1. The van der Waals surface area contributed by atoms with Crippen LogP contribution in [0.15, 0.2) is 73.8 Å². The van der Waals surface area contributed by atoms with Gasteiger partial charge in [-0.3, -0.25) is 19.2 Å². The molecule has 1 spiro atoms. The summed E-state index contributed by atoms with van der Waals surface area (Å²) in [6, 6.07) is 12.1. The van der Waals surface area contributed by atoms with Gasteiger partial charge in [0.2, 0.25) is 11.8 Å². The van der Waals surface area contributed by atoms with Crippen LogP contribution in [0.1, 0.15) is 70.1 Å². The Labute approximate surface area is 305 Å². The SMILES string of the molecule is C=CCCC(=O)N[C@@H](C)[C@H](OC(=O)[C@@H]1[C@@H]2CC[C@]3(O2)[C@H](C(=O)N(CC=C)c2c(C)cccc2Cl)N([C@@H](CO)[C@@H](C)CC)C(=O)[C@@H]13)c1ccccc1. The van der Waals surface area contributed by atoms with Gasteiger partial charge < -0.3 is 29.7 Å². The maximum Gasteiger partial charge on any atom is 0.313 e. The minimum atomic E-state index is -1.34. The second kappa shape index (κ2) is 16.1. The van der Waals surface area contributed by atoms with E-state index in [0.717, 1.165) is 5.56 Å². The van der Waals surface area contributed by atoms with Gasteiger partial charge in [-0.1, -0.05) is 86.5 Å². The molecule has 9 atom stereocenters. The fourth-order valence-electron chi connectivity index (χ4n) is 8.28. The third-order valence-electron chi connectivity index (χ3n) is 10.9. The average Bonchev–Trinajstić information content (AvgIpc) is 3.77. The Morgan fingerprint density at radius 3 is 2.51 bits per heavy atom. The molecule has 2 bridgehead atoms. The number of aryl methyl sites for hydroxylation is 1. The zero-order valence-electron chi connectivity index (χ0n) is 29.9. The second-order valence-corrected chi connectivity index (χ2v) is 14.4. The number of carbonyl (C=O) groups is 4. The normalized spacial score (nSPS) is 25.8. The van der Waals surface area contributed by atoms with Crippen LogP contribution < -0.4 is 10.2 Å². The van der Waals surface area contributed by atoms with Gasteiger partial charge in [-0.2, -0.15) is 0 Å². The van der Waals surface area contributed by atoms with Gasteiger partial charge >= 0.3 is 5.97 Å². The fourth-order valence-corrected chi connectivity index (χ4v) is 8.61. The summed E-state index contributed by atoms with van der Waals surface area (Å²) < 4.78 is 13.0. The van der Waals surface area contributed by atoms with Crippen LogP contribution in [0.5, 0.6) is 0 Å². The summed E-state index contributed by atoms with van der Waals surface area (Å²) in [7, 11) is 0. The predicted octanol–water partition coefficient (Wildman–Crippen LogP) is 5.70. The Morgan fingerprint density at radius 1 is 1.16 bits per heavy atom. The Kier molecular flexibility index (Phi) is 12.1. The number of nitrogens with one attached hydrogen (secondary N) is 1. The number of hydrogen-bond donors (Lipinski definition) is 2. The predicted molar refractivity (Wildman–Crippen MR) is 196 cm³/mol. The number of para-hydroxylation sites is 1. The van der Waals surface area contributed by atoms with Gasteiger partial charge in [0.05, 0.1) is 47.3 Å². The van der Waals surface area contributed by atoms with Crippen molar-refractivity contribution in [2.45, 2.75) is 95.7 Å². The molecular formula is C40H50ClN3O7. The number of aliphatic hydroxyl groups excluding tert-OH is 1. The van der Waals surface area contributed by atoms with E-state index in [2.05, 4.69) is 18.5 Å². The first-order valence-corrected chi connectivity index (χ1v) is 18.3.